The zero-order chi connectivity index (χ0) is 13.8. The molecule has 0 atom stereocenters. The van der Waals surface area contributed by atoms with E-state index in [0.717, 1.165) is 35.3 Å². The van der Waals surface area contributed by atoms with Crippen LogP contribution in [0.4, 0.5) is 4.39 Å². The van der Waals surface area contributed by atoms with Gasteiger partial charge >= 0.3 is 0 Å². The summed E-state index contributed by atoms with van der Waals surface area (Å²) in [5.41, 5.74) is 3.87. The highest BCUT2D eigenvalue weighted by Crippen LogP contribution is 2.31. The maximum atomic E-state index is 13.4. The standard InChI is InChI=1S/C16H17ClFN/c1-3-19-10-12-5-7-14(16(17)8-12)15-9-13(18)6-4-11(15)2/h4-9,19H,3,10H2,1-2H3. The average molecular weight is 278 g/mol. The van der Waals surface area contributed by atoms with Gasteiger partial charge in [-0.1, -0.05) is 36.7 Å². The molecule has 2 aromatic carbocycles. The topological polar surface area (TPSA) is 12.0 Å². The zero-order valence-electron chi connectivity index (χ0n) is 11.1. The highest BCUT2D eigenvalue weighted by molar-refractivity contribution is 6.33. The van der Waals surface area contributed by atoms with Crippen LogP contribution in [0.25, 0.3) is 11.1 Å². The number of hydrogen-bond donors (Lipinski definition) is 1. The molecule has 0 unspecified atom stereocenters. The molecule has 100 valence electrons. The smallest absolute Gasteiger partial charge is 0.123 e. The van der Waals surface area contributed by atoms with Crippen molar-refractivity contribution in [2.24, 2.45) is 0 Å². The predicted molar refractivity (Wildman–Crippen MR) is 79.0 cm³/mol. The Morgan fingerprint density at radius 1 is 1.11 bits per heavy atom. The van der Waals surface area contributed by atoms with E-state index in [9.17, 15) is 4.39 Å². The van der Waals surface area contributed by atoms with Crippen LogP contribution in [0.2, 0.25) is 5.02 Å². The molecule has 0 saturated carbocycles. The molecule has 19 heavy (non-hydrogen) atoms. The van der Waals surface area contributed by atoms with Crippen LogP contribution in [0.1, 0.15) is 18.1 Å². The quantitative estimate of drug-likeness (QED) is 0.864. The molecular formula is C16H17ClFN. The van der Waals surface area contributed by atoms with Crippen LogP contribution < -0.4 is 5.32 Å². The predicted octanol–water partition coefficient (Wildman–Crippen LogP) is 4.56. The molecule has 0 radical (unpaired) electrons. The Labute approximate surface area is 118 Å². The first kappa shape index (κ1) is 14.0. The number of benzene rings is 2. The van der Waals surface area contributed by atoms with Crippen molar-refractivity contribution in [3.05, 3.63) is 58.4 Å². The van der Waals surface area contributed by atoms with Gasteiger partial charge in [0.1, 0.15) is 5.82 Å². The fourth-order valence-electron chi connectivity index (χ4n) is 2.04. The van der Waals surface area contributed by atoms with Gasteiger partial charge in [0.15, 0.2) is 0 Å². The Morgan fingerprint density at radius 2 is 1.89 bits per heavy atom. The molecule has 2 rings (SSSR count). The second-order valence-electron chi connectivity index (χ2n) is 4.55. The fraction of sp³-hybridized carbons (Fsp3) is 0.250. The van der Waals surface area contributed by atoms with Gasteiger partial charge in [0.25, 0.3) is 0 Å². The van der Waals surface area contributed by atoms with E-state index in [2.05, 4.69) is 12.2 Å². The molecule has 2 aromatic rings. The number of hydrogen-bond acceptors (Lipinski definition) is 1. The summed E-state index contributed by atoms with van der Waals surface area (Å²) in [6.45, 7) is 5.73. The highest BCUT2D eigenvalue weighted by atomic mass is 35.5. The third-order valence-electron chi connectivity index (χ3n) is 3.10. The largest absolute Gasteiger partial charge is 0.313 e. The van der Waals surface area contributed by atoms with Gasteiger partial charge in [-0.15, -0.1) is 0 Å². The van der Waals surface area contributed by atoms with E-state index in [1.807, 2.05) is 25.1 Å². The molecule has 0 saturated heterocycles. The van der Waals surface area contributed by atoms with E-state index in [1.54, 1.807) is 6.07 Å². The van der Waals surface area contributed by atoms with Gasteiger partial charge in [-0.3, -0.25) is 0 Å². The van der Waals surface area contributed by atoms with E-state index in [4.69, 9.17) is 11.6 Å². The Hall–Kier alpha value is -1.38. The number of halogens is 2. The van der Waals surface area contributed by atoms with Crippen LogP contribution in [0.5, 0.6) is 0 Å². The summed E-state index contributed by atoms with van der Waals surface area (Å²) in [5.74, 6) is -0.242. The van der Waals surface area contributed by atoms with E-state index >= 15 is 0 Å². The minimum Gasteiger partial charge on any atom is -0.313 e. The van der Waals surface area contributed by atoms with Crippen molar-refractivity contribution >= 4 is 11.6 Å². The van der Waals surface area contributed by atoms with Gasteiger partial charge in [-0.05, 0) is 48.4 Å². The van der Waals surface area contributed by atoms with Gasteiger partial charge in [-0.2, -0.15) is 0 Å². The van der Waals surface area contributed by atoms with Crippen LogP contribution in [-0.2, 0) is 6.54 Å². The van der Waals surface area contributed by atoms with Gasteiger partial charge in [-0.25, -0.2) is 4.39 Å². The van der Waals surface area contributed by atoms with Crippen LogP contribution >= 0.6 is 11.6 Å². The molecular weight excluding hydrogens is 261 g/mol. The van der Waals surface area contributed by atoms with Crippen molar-refractivity contribution in [3.63, 3.8) is 0 Å². The summed E-state index contributed by atoms with van der Waals surface area (Å²) < 4.78 is 13.4. The third kappa shape index (κ3) is 3.34. The number of nitrogens with one attached hydrogen (secondary N) is 1. The van der Waals surface area contributed by atoms with Gasteiger partial charge < -0.3 is 5.32 Å². The first-order chi connectivity index (χ1) is 9.11. The maximum Gasteiger partial charge on any atom is 0.123 e. The molecule has 0 aliphatic rings. The SMILES string of the molecule is CCNCc1ccc(-c2cc(F)ccc2C)c(Cl)c1. The summed E-state index contributed by atoms with van der Waals surface area (Å²) in [5, 5.41) is 3.91. The molecule has 0 aromatic heterocycles. The Balaban J connectivity index is 2.37. The van der Waals surface area contributed by atoms with Crippen molar-refractivity contribution in [3.8, 4) is 11.1 Å². The van der Waals surface area contributed by atoms with Crippen molar-refractivity contribution < 1.29 is 4.39 Å². The first-order valence-electron chi connectivity index (χ1n) is 6.37. The Kier molecular flexibility index (Phi) is 4.56. The minimum absolute atomic E-state index is 0.242. The summed E-state index contributed by atoms with van der Waals surface area (Å²) >= 11 is 6.32. The van der Waals surface area contributed by atoms with Gasteiger partial charge in [0, 0.05) is 17.1 Å². The van der Waals surface area contributed by atoms with E-state index in [0.29, 0.717) is 5.02 Å². The molecule has 0 aliphatic carbocycles. The van der Waals surface area contributed by atoms with Crippen LogP contribution in [0.15, 0.2) is 36.4 Å². The third-order valence-corrected chi connectivity index (χ3v) is 3.42. The minimum atomic E-state index is -0.242. The summed E-state index contributed by atoms with van der Waals surface area (Å²) in [4.78, 5) is 0. The maximum absolute atomic E-state index is 13.4. The summed E-state index contributed by atoms with van der Waals surface area (Å²) in [7, 11) is 0. The lowest BCUT2D eigenvalue weighted by Crippen LogP contribution is -2.11. The van der Waals surface area contributed by atoms with E-state index < -0.39 is 0 Å². The molecule has 0 bridgehead atoms. The lowest BCUT2D eigenvalue weighted by molar-refractivity contribution is 0.628. The normalized spacial score (nSPS) is 10.7. The van der Waals surface area contributed by atoms with Crippen molar-refractivity contribution in [2.45, 2.75) is 20.4 Å². The van der Waals surface area contributed by atoms with Gasteiger partial charge in [0.2, 0.25) is 0 Å². The lowest BCUT2D eigenvalue weighted by atomic mass is 9.99. The van der Waals surface area contributed by atoms with E-state index in [1.165, 1.54) is 12.1 Å². The van der Waals surface area contributed by atoms with Crippen LogP contribution in [0, 0.1) is 12.7 Å². The number of aryl methyl sites for hydroxylation is 1. The van der Waals surface area contributed by atoms with Crippen molar-refractivity contribution in [1.29, 1.82) is 0 Å². The van der Waals surface area contributed by atoms with Gasteiger partial charge in [0.05, 0.1) is 0 Å². The molecule has 3 heteroatoms. The van der Waals surface area contributed by atoms with Crippen molar-refractivity contribution in [2.75, 3.05) is 6.54 Å². The molecule has 1 nitrogen and oxygen atoms in total. The zero-order valence-corrected chi connectivity index (χ0v) is 11.9. The Morgan fingerprint density at radius 3 is 2.58 bits per heavy atom. The molecule has 1 N–H and O–H groups in total. The van der Waals surface area contributed by atoms with E-state index in [-0.39, 0.29) is 5.82 Å². The fourth-order valence-corrected chi connectivity index (χ4v) is 2.35. The molecule has 0 heterocycles. The summed E-state index contributed by atoms with van der Waals surface area (Å²) in [6, 6.07) is 10.7. The molecule has 0 spiro atoms. The van der Waals surface area contributed by atoms with Crippen LogP contribution in [-0.4, -0.2) is 6.54 Å². The molecule has 0 fully saturated rings. The number of rotatable bonds is 4. The first-order valence-corrected chi connectivity index (χ1v) is 6.75. The lowest BCUT2D eigenvalue weighted by Gasteiger charge is -2.10. The Bertz CT molecular complexity index is 581. The average Bonchev–Trinajstić information content (AvgIpc) is 2.40. The monoisotopic (exact) mass is 277 g/mol. The molecule has 0 amide bonds. The summed E-state index contributed by atoms with van der Waals surface area (Å²) in [6.07, 6.45) is 0. The second-order valence-corrected chi connectivity index (χ2v) is 4.96. The highest BCUT2D eigenvalue weighted by Gasteiger charge is 2.08. The molecule has 0 aliphatic heterocycles. The second kappa shape index (κ2) is 6.18. The van der Waals surface area contributed by atoms with Crippen LogP contribution in [0.3, 0.4) is 0 Å². The van der Waals surface area contributed by atoms with Crippen molar-refractivity contribution in [1.82, 2.24) is 5.32 Å².